The van der Waals surface area contributed by atoms with Crippen molar-refractivity contribution in [3.05, 3.63) is 29.8 Å². The molecule has 4 atom stereocenters. The Morgan fingerprint density at radius 2 is 1.91 bits per heavy atom. The topological polar surface area (TPSA) is 137 Å². The lowest BCUT2D eigenvalue weighted by atomic mass is 10.1. The Balaban J connectivity index is 1.95. The average Bonchev–Trinajstić information content (AvgIpc) is 2.49. The predicted octanol–water partition coefficient (Wildman–Crippen LogP) is -0.907. The molecule has 0 spiro atoms. The van der Waals surface area contributed by atoms with Gasteiger partial charge in [-0.25, -0.2) is 4.79 Å². The van der Waals surface area contributed by atoms with E-state index in [2.05, 4.69) is 0 Å². The van der Waals surface area contributed by atoms with Crippen molar-refractivity contribution in [2.75, 3.05) is 6.61 Å². The van der Waals surface area contributed by atoms with Crippen LogP contribution in [0, 0.1) is 0 Å². The van der Waals surface area contributed by atoms with Crippen molar-refractivity contribution in [1.29, 1.82) is 0 Å². The molecule has 0 unspecified atom stereocenters. The van der Waals surface area contributed by atoms with Crippen molar-refractivity contribution >= 4 is 12.0 Å². The number of aliphatic hydroxyl groups excluding tert-OH is 3. The summed E-state index contributed by atoms with van der Waals surface area (Å²) in [6, 6.07) is 3.96. The van der Waals surface area contributed by atoms with E-state index >= 15 is 0 Å². The molecule has 8 nitrogen and oxygen atoms in total. The number of phenols is 2. The minimum absolute atomic E-state index is 0.272. The van der Waals surface area contributed by atoms with E-state index < -0.39 is 30.6 Å². The molecule has 1 saturated heterocycles. The van der Waals surface area contributed by atoms with E-state index in [1.54, 1.807) is 0 Å². The van der Waals surface area contributed by atoms with E-state index in [4.69, 9.17) is 14.6 Å². The summed E-state index contributed by atoms with van der Waals surface area (Å²) in [5.74, 6) is -1.47. The molecule has 0 bridgehead atoms. The Labute approximate surface area is 125 Å². The summed E-state index contributed by atoms with van der Waals surface area (Å²) in [6.45, 7) is -0.272. The maximum Gasteiger partial charge on any atom is 0.333 e. The van der Waals surface area contributed by atoms with Gasteiger partial charge in [-0.3, -0.25) is 0 Å². The summed E-state index contributed by atoms with van der Waals surface area (Å²) in [4.78, 5) is 11.6. The number of hydrogen-bond donors (Lipinski definition) is 5. The number of ether oxygens (including phenoxy) is 2. The minimum Gasteiger partial charge on any atom is -0.504 e. The van der Waals surface area contributed by atoms with Gasteiger partial charge in [0.25, 0.3) is 0 Å². The van der Waals surface area contributed by atoms with Crippen molar-refractivity contribution in [3.63, 3.8) is 0 Å². The molecule has 8 heteroatoms. The molecule has 0 amide bonds. The van der Waals surface area contributed by atoms with Crippen LogP contribution in [0.2, 0.25) is 0 Å². The number of carbonyl (C=O) groups excluding carboxylic acids is 1. The van der Waals surface area contributed by atoms with Gasteiger partial charge >= 0.3 is 5.97 Å². The number of rotatable bonds is 3. The molecule has 22 heavy (non-hydrogen) atoms. The molecule has 1 heterocycles. The van der Waals surface area contributed by atoms with E-state index in [0.717, 1.165) is 6.08 Å². The summed E-state index contributed by atoms with van der Waals surface area (Å²) >= 11 is 0. The first kappa shape index (κ1) is 16.2. The fourth-order valence-electron chi connectivity index (χ4n) is 1.85. The average molecular weight is 312 g/mol. The molecular weight excluding hydrogens is 296 g/mol. The van der Waals surface area contributed by atoms with Crippen molar-refractivity contribution in [2.24, 2.45) is 0 Å². The zero-order chi connectivity index (χ0) is 16.3. The van der Waals surface area contributed by atoms with Crippen LogP contribution in [0.3, 0.4) is 0 Å². The van der Waals surface area contributed by atoms with Crippen LogP contribution in [0.4, 0.5) is 0 Å². The molecule has 1 aliphatic heterocycles. The Morgan fingerprint density at radius 1 is 1.18 bits per heavy atom. The Kier molecular flexibility index (Phi) is 4.99. The third-order valence-corrected chi connectivity index (χ3v) is 3.10. The van der Waals surface area contributed by atoms with Crippen LogP contribution in [-0.4, -0.2) is 62.7 Å². The number of carbonyl (C=O) groups is 1. The number of benzene rings is 1. The molecule has 0 radical (unpaired) electrons. The van der Waals surface area contributed by atoms with Gasteiger partial charge in [-0.15, -0.1) is 0 Å². The standard InChI is InChI=1S/C14H16O8/c15-8-3-1-7(5-9(8)16)2-4-11(18)22-14-13(20)12(19)10(17)6-21-14/h1-5,10,12-17,19-20H,6H2/b4-2+/t10-,12+,13-,14+/m1/s1. The van der Waals surface area contributed by atoms with Gasteiger partial charge in [0.05, 0.1) is 6.61 Å². The molecule has 1 fully saturated rings. The lowest BCUT2D eigenvalue weighted by Gasteiger charge is -2.34. The van der Waals surface area contributed by atoms with Gasteiger partial charge in [0.1, 0.15) is 18.3 Å². The smallest absolute Gasteiger partial charge is 0.333 e. The van der Waals surface area contributed by atoms with Crippen LogP contribution in [0.25, 0.3) is 6.08 Å². The maximum atomic E-state index is 11.6. The van der Waals surface area contributed by atoms with E-state index in [9.17, 15) is 25.2 Å². The quantitative estimate of drug-likeness (QED) is 0.275. The summed E-state index contributed by atoms with van der Waals surface area (Å²) < 4.78 is 9.74. The number of aromatic hydroxyl groups is 2. The van der Waals surface area contributed by atoms with E-state index in [1.165, 1.54) is 24.3 Å². The molecule has 5 N–H and O–H groups in total. The van der Waals surface area contributed by atoms with E-state index in [0.29, 0.717) is 5.56 Å². The second-order valence-electron chi connectivity index (χ2n) is 4.77. The molecule has 120 valence electrons. The Hall–Kier alpha value is -2.13. The molecule has 2 rings (SSSR count). The highest BCUT2D eigenvalue weighted by Crippen LogP contribution is 2.25. The molecule has 1 aliphatic rings. The normalized spacial score (nSPS) is 28.7. The van der Waals surface area contributed by atoms with Crippen molar-refractivity contribution in [2.45, 2.75) is 24.6 Å². The third-order valence-electron chi connectivity index (χ3n) is 3.10. The van der Waals surface area contributed by atoms with Gasteiger partial charge in [-0.1, -0.05) is 6.07 Å². The van der Waals surface area contributed by atoms with Crippen molar-refractivity contribution in [1.82, 2.24) is 0 Å². The molecule has 1 aromatic carbocycles. The number of esters is 1. The molecule has 0 saturated carbocycles. The summed E-state index contributed by atoms with van der Waals surface area (Å²) in [7, 11) is 0. The highest BCUT2D eigenvalue weighted by atomic mass is 16.7. The number of aliphatic hydroxyl groups is 3. The highest BCUT2D eigenvalue weighted by Gasteiger charge is 2.39. The van der Waals surface area contributed by atoms with Crippen LogP contribution < -0.4 is 0 Å². The molecule has 0 aliphatic carbocycles. The van der Waals surface area contributed by atoms with Crippen LogP contribution in [0.15, 0.2) is 24.3 Å². The fraction of sp³-hybridized carbons (Fsp3) is 0.357. The van der Waals surface area contributed by atoms with Gasteiger partial charge in [-0.05, 0) is 23.8 Å². The first-order valence-electron chi connectivity index (χ1n) is 6.45. The second-order valence-corrected chi connectivity index (χ2v) is 4.77. The van der Waals surface area contributed by atoms with Crippen LogP contribution in [0.5, 0.6) is 11.5 Å². The third kappa shape index (κ3) is 3.74. The zero-order valence-corrected chi connectivity index (χ0v) is 11.4. The van der Waals surface area contributed by atoms with Crippen molar-refractivity contribution < 1.29 is 39.8 Å². The van der Waals surface area contributed by atoms with Crippen LogP contribution in [-0.2, 0) is 14.3 Å². The summed E-state index contributed by atoms with van der Waals surface area (Å²) in [6.07, 6.45) is -3.31. The molecule has 1 aromatic rings. The maximum absolute atomic E-state index is 11.6. The van der Waals surface area contributed by atoms with Gasteiger partial charge in [0.15, 0.2) is 11.5 Å². The van der Waals surface area contributed by atoms with Gasteiger partial charge < -0.3 is 35.0 Å². The van der Waals surface area contributed by atoms with Gasteiger partial charge in [0.2, 0.25) is 6.29 Å². The van der Waals surface area contributed by atoms with E-state index in [-0.39, 0.29) is 18.1 Å². The summed E-state index contributed by atoms with van der Waals surface area (Å²) in [5, 5.41) is 46.8. The van der Waals surface area contributed by atoms with E-state index in [1.807, 2.05) is 0 Å². The number of hydrogen-bond acceptors (Lipinski definition) is 8. The molecule has 0 aromatic heterocycles. The SMILES string of the molecule is O=C(/C=C/c1ccc(O)c(O)c1)O[C@@H]1OC[C@@H](O)[C@H](O)[C@H]1O. The second kappa shape index (κ2) is 6.75. The molecular formula is C14H16O8. The first-order chi connectivity index (χ1) is 10.4. The lowest BCUT2D eigenvalue weighted by Crippen LogP contribution is -2.54. The lowest BCUT2D eigenvalue weighted by molar-refractivity contribution is -0.260. The zero-order valence-electron chi connectivity index (χ0n) is 11.4. The highest BCUT2D eigenvalue weighted by molar-refractivity contribution is 5.87. The largest absolute Gasteiger partial charge is 0.504 e. The van der Waals surface area contributed by atoms with Crippen molar-refractivity contribution in [3.8, 4) is 11.5 Å². The van der Waals surface area contributed by atoms with Crippen LogP contribution in [0.1, 0.15) is 5.56 Å². The summed E-state index contributed by atoms with van der Waals surface area (Å²) in [5.41, 5.74) is 0.438. The number of phenolic OH excluding ortho intramolecular Hbond substituents is 2. The Morgan fingerprint density at radius 3 is 2.59 bits per heavy atom. The fourth-order valence-corrected chi connectivity index (χ4v) is 1.85. The van der Waals surface area contributed by atoms with Gasteiger partial charge in [-0.2, -0.15) is 0 Å². The first-order valence-corrected chi connectivity index (χ1v) is 6.45. The van der Waals surface area contributed by atoms with Gasteiger partial charge in [0, 0.05) is 6.08 Å². The van der Waals surface area contributed by atoms with Crippen LogP contribution >= 0.6 is 0 Å². The monoisotopic (exact) mass is 312 g/mol. The minimum atomic E-state index is -1.56. The predicted molar refractivity (Wildman–Crippen MR) is 72.7 cm³/mol. The Bertz CT molecular complexity index is 570.